The highest BCUT2D eigenvalue weighted by Crippen LogP contribution is 2.19. The smallest absolute Gasteiger partial charge is 0.0897 e. The molecule has 0 bridgehead atoms. The van der Waals surface area contributed by atoms with Gasteiger partial charge >= 0.3 is 0 Å². The molecule has 1 fully saturated rings. The Morgan fingerprint density at radius 1 is 1.25 bits per heavy atom. The Labute approximate surface area is 122 Å². The molecular formula is C15H31NO4. The zero-order chi connectivity index (χ0) is 15.0. The first-order valence-corrected chi connectivity index (χ1v) is 7.72. The van der Waals surface area contributed by atoms with Gasteiger partial charge in [-0.05, 0) is 19.3 Å². The minimum atomic E-state index is -0.691. The molecule has 1 aliphatic heterocycles. The number of aliphatic hydroxyl groups is 2. The topological polar surface area (TPSA) is 71.0 Å². The van der Waals surface area contributed by atoms with Crippen LogP contribution in [-0.2, 0) is 9.47 Å². The molecule has 1 saturated heterocycles. The molecule has 0 amide bonds. The van der Waals surface area contributed by atoms with Crippen LogP contribution in [0.2, 0.25) is 0 Å². The Morgan fingerprint density at radius 2 is 1.90 bits per heavy atom. The predicted octanol–water partition coefficient (Wildman–Crippen LogP) is 0.930. The van der Waals surface area contributed by atoms with Gasteiger partial charge in [-0.1, -0.05) is 13.8 Å². The monoisotopic (exact) mass is 289 g/mol. The van der Waals surface area contributed by atoms with Crippen molar-refractivity contribution in [3.63, 3.8) is 0 Å². The summed E-state index contributed by atoms with van der Waals surface area (Å²) < 4.78 is 10.8. The summed E-state index contributed by atoms with van der Waals surface area (Å²) in [5, 5.41) is 23.2. The van der Waals surface area contributed by atoms with Gasteiger partial charge in [-0.3, -0.25) is 0 Å². The molecule has 5 heteroatoms. The molecule has 0 radical (unpaired) electrons. The van der Waals surface area contributed by atoms with E-state index in [-0.39, 0.29) is 6.10 Å². The highest BCUT2D eigenvalue weighted by atomic mass is 16.5. The fourth-order valence-corrected chi connectivity index (χ4v) is 2.47. The largest absolute Gasteiger partial charge is 0.389 e. The van der Waals surface area contributed by atoms with E-state index in [0.29, 0.717) is 51.7 Å². The molecule has 0 aromatic rings. The molecule has 1 aliphatic rings. The van der Waals surface area contributed by atoms with Gasteiger partial charge in [0.1, 0.15) is 0 Å². The van der Waals surface area contributed by atoms with Gasteiger partial charge in [0.05, 0.1) is 24.4 Å². The third kappa shape index (κ3) is 7.55. The van der Waals surface area contributed by atoms with Gasteiger partial charge < -0.3 is 25.0 Å². The summed E-state index contributed by atoms with van der Waals surface area (Å²) in [7, 11) is 0. The van der Waals surface area contributed by atoms with Crippen molar-refractivity contribution in [3.8, 4) is 0 Å². The molecule has 3 N–H and O–H groups in total. The van der Waals surface area contributed by atoms with E-state index in [1.807, 2.05) is 6.92 Å². The zero-order valence-electron chi connectivity index (χ0n) is 13.1. The standard InChI is InChI=1S/C15H31NO4/c1-12(2)8-13(3)20-10-14(17)9-16-11-15(18)4-6-19-7-5-15/h12-14,16-18H,4-11H2,1-3H3. The highest BCUT2D eigenvalue weighted by Gasteiger charge is 2.29. The highest BCUT2D eigenvalue weighted by molar-refractivity contribution is 4.83. The van der Waals surface area contributed by atoms with Crippen LogP contribution in [0.5, 0.6) is 0 Å². The van der Waals surface area contributed by atoms with Crippen LogP contribution in [0, 0.1) is 5.92 Å². The minimum Gasteiger partial charge on any atom is -0.389 e. The molecule has 2 unspecified atom stereocenters. The van der Waals surface area contributed by atoms with Crippen molar-refractivity contribution in [1.29, 1.82) is 0 Å². The van der Waals surface area contributed by atoms with Gasteiger partial charge in [0.15, 0.2) is 0 Å². The van der Waals surface area contributed by atoms with Crippen LogP contribution in [0.4, 0.5) is 0 Å². The lowest BCUT2D eigenvalue weighted by Crippen LogP contribution is -2.47. The molecule has 1 rings (SSSR count). The Balaban J connectivity index is 2.09. The zero-order valence-corrected chi connectivity index (χ0v) is 13.1. The fourth-order valence-electron chi connectivity index (χ4n) is 2.47. The number of hydrogen-bond donors (Lipinski definition) is 3. The maximum Gasteiger partial charge on any atom is 0.0897 e. The number of hydrogen-bond acceptors (Lipinski definition) is 5. The summed E-state index contributed by atoms with van der Waals surface area (Å²) in [5.41, 5.74) is -0.691. The molecule has 0 saturated carbocycles. The van der Waals surface area contributed by atoms with Crippen LogP contribution in [0.3, 0.4) is 0 Å². The van der Waals surface area contributed by atoms with Gasteiger partial charge in [-0.2, -0.15) is 0 Å². The summed E-state index contributed by atoms with van der Waals surface area (Å²) in [6.45, 7) is 8.84. The van der Waals surface area contributed by atoms with Crippen LogP contribution >= 0.6 is 0 Å². The third-order valence-corrected chi connectivity index (χ3v) is 3.63. The van der Waals surface area contributed by atoms with Crippen molar-refractivity contribution in [2.75, 3.05) is 32.9 Å². The van der Waals surface area contributed by atoms with Gasteiger partial charge in [0.25, 0.3) is 0 Å². The maximum absolute atomic E-state index is 10.2. The van der Waals surface area contributed by atoms with Crippen molar-refractivity contribution in [3.05, 3.63) is 0 Å². The second-order valence-electron chi connectivity index (χ2n) is 6.39. The molecule has 5 nitrogen and oxygen atoms in total. The van der Waals surface area contributed by atoms with Crippen molar-refractivity contribution < 1.29 is 19.7 Å². The third-order valence-electron chi connectivity index (χ3n) is 3.63. The number of ether oxygens (including phenoxy) is 2. The average Bonchev–Trinajstić information content (AvgIpc) is 2.36. The summed E-state index contributed by atoms with van der Waals surface area (Å²) >= 11 is 0. The van der Waals surface area contributed by atoms with Gasteiger partial charge in [0, 0.05) is 39.1 Å². The second kappa shape index (κ2) is 8.95. The first-order valence-electron chi connectivity index (χ1n) is 7.72. The normalized spacial score (nSPS) is 21.9. The van der Waals surface area contributed by atoms with Gasteiger partial charge in [-0.15, -0.1) is 0 Å². The molecule has 0 aliphatic carbocycles. The minimum absolute atomic E-state index is 0.171. The van der Waals surface area contributed by atoms with E-state index in [1.165, 1.54) is 0 Å². The van der Waals surface area contributed by atoms with Crippen molar-refractivity contribution in [2.45, 2.75) is 57.8 Å². The number of aliphatic hydroxyl groups excluding tert-OH is 1. The summed E-state index contributed by atoms with van der Waals surface area (Å²) in [5.74, 6) is 0.600. The van der Waals surface area contributed by atoms with E-state index in [0.717, 1.165) is 6.42 Å². The fraction of sp³-hybridized carbons (Fsp3) is 1.00. The van der Waals surface area contributed by atoms with Crippen molar-refractivity contribution >= 4 is 0 Å². The molecular weight excluding hydrogens is 258 g/mol. The molecule has 20 heavy (non-hydrogen) atoms. The Kier molecular flexibility index (Phi) is 7.99. The summed E-state index contributed by atoms with van der Waals surface area (Å²) in [4.78, 5) is 0. The SMILES string of the molecule is CC(C)CC(C)OCC(O)CNCC1(O)CCOCC1. The first-order chi connectivity index (χ1) is 9.41. The first kappa shape index (κ1) is 17.9. The summed E-state index contributed by atoms with van der Waals surface area (Å²) in [6, 6.07) is 0. The Hall–Kier alpha value is -0.200. The van der Waals surface area contributed by atoms with E-state index in [4.69, 9.17) is 9.47 Å². The van der Waals surface area contributed by atoms with E-state index in [1.54, 1.807) is 0 Å². The van der Waals surface area contributed by atoms with E-state index in [9.17, 15) is 10.2 Å². The summed E-state index contributed by atoms with van der Waals surface area (Å²) in [6.07, 6.45) is 1.94. The molecule has 0 aromatic heterocycles. The molecule has 120 valence electrons. The van der Waals surface area contributed by atoms with Crippen LogP contribution in [0.25, 0.3) is 0 Å². The quantitative estimate of drug-likeness (QED) is 0.589. The maximum atomic E-state index is 10.2. The van der Waals surface area contributed by atoms with Crippen LogP contribution < -0.4 is 5.32 Å². The van der Waals surface area contributed by atoms with E-state index < -0.39 is 11.7 Å². The molecule has 0 aromatic carbocycles. The van der Waals surface area contributed by atoms with Crippen LogP contribution in [0.15, 0.2) is 0 Å². The van der Waals surface area contributed by atoms with Crippen LogP contribution in [0.1, 0.15) is 40.0 Å². The lowest BCUT2D eigenvalue weighted by atomic mass is 9.94. The van der Waals surface area contributed by atoms with Gasteiger partial charge in [-0.25, -0.2) is 0 Å². The Bertz CT molecular complexity index is 254. The molecule has 2 atom stereocenters. The second-order valence-corrected chi connectivity index (χ2v) is 6.39. The van der Waals surface area contributed by atoms with Crippen LogP contribution in [-0.4, -0.2) is 60.9 Å². The van der Waals surface area contributed by atoms with E-state index in [2.05, 4.69) is 19.2 Å². The molecule has 0 spiro atoms. The van der Waals surface area contributed by atoms with E-state index >= 15 is 0 Å². The number of rotatable bonds is 9. The van der Waals surface area contributed by atoms with Crippen molar-refractivity contribution in [2.24, 2.45) is 5.92 Å². The predicted molar refractivity (Wildman–Crippen MR) is 78.7 cm³/mol. The average molecular weight is 289 g/mol. The lowest BCUT2D eigenvalue weighted by Gasteiger charge is -2.32. The van der Waals surface area contributed by atoms with Crippen molar-refractivity contribution in [1.82, 2.24) is 5.32 Å². The molecule has 1 heterocycles. The Morgan fingerprint density at radius 3 is 2.50 bits per heavy atom. The van der Waals surface area contributed by atoms with Gasteiger partial charge in [0.2, 0.25) is 0 Å². The lowest BCUT2D eigenvalue weighted by molar-refractivity contribution is -0.0639. The number of nitrogens with one attached hydrogen (secondary N) is 1.